The Bertz CT molecular complexity index is 211. The second kappa shape index (κ2) is 6.30. The van der Waals surface area contributed by atoms with Gasteiger partial charge in [-0.1, -0.05) is 0 Å². The van der Waals surface area contributed by atoms with Gasteiger partial charge in [-0.15, -0.1) is 11.6 Å². The summed E-state index contributed by atoms with van der Waals surface area (Å²) in [5.41, 5.74) is 0. The van der Waals surface area contributed by atoms with Crippen molar-refractivity contribution in [2.75, 3.05) is 26.2 Å². The number of alkyl halides is 1. The molecule has 4 nitrogen and oxygen atoms in total. The number of hydrogen-bond donors (Lipinski definition) is 1. The zero-order valence-corrected chi connectivity index (χ0v) is 9.74. The van der Waals surface area contributed by atoms with E-state index >= 15 is 0 Å². The van der Waals surface area contributed by atoms with E-state index in [9.17, 15) is 4.79 Å². The molecule has 5 heteroatoms. The van der Waals surface area contributed by atoms with Crippen molar-refractivity contribution < 1.29 is 14.6 Å². The zero-order chi connectivity index (χ0) is 11.3. The lowest BCUT2D eigenvalue weighted by Gasteiger charge is -2.32. The van der Waals surface area contributed by atoms with Crippen LogP contribution < -0.4 is 0 Å². The van der Waals surface area contributed by atoms with Crippen molar-refractivity contribution >= 4 is 17.6 Å². The number of ether oxygens (including phenoxy) is 1. The van der Waals surface area contributed by atoms with Crippen molar-refractivity contribution in [1.82, 2.24) is 4.90 Å². The maximum absolute atomic E-state index is 10.6. The third kappa shape index (κ3) is 4.36. The second-order valence-corrected chi connectivity index (χ2v) is 4.31. The number of carbonyl (C=O) groups is 1. The Balaban J connectivity index is 2.32. The van der Waals surface area contributed by atoms with Gasteiger partial charge in [0.25, 0.3) is 0 Å². The van der Waals surface area contributed by atoms with Crippen molar-refractivity contribution in [2.45, 2.75) is 31.2 Å². The number of piperidine rings is 1. The minimum atomic E-state index is -0.949. The van der Waals surface area contributed by atoms with Crippen LogP contribution in [0.2, 0.25) is 0 Å². The highest BCUT2D eigenvalue weighted by Gasteiger charge is 2.24. The Labute approximate surface area is 95.2 Å². The fourth-order valence-electron chi connectivity index (χ4n) is 1.86. The second-order valence-electron chi connectivity index (χ2n) is 3.78. The van der Waals surface area contributed by atoms with E-state index in [2.05, 4.69) is 4.90 Å². The van der Waals surface area contributed by atoms with Gasteiger partial charge in [-0.05, 0) is 26.3 Å². The van der Waals surface area contributed by atoms with E-state index in [4.69, 9.17) is 21.4 Å². The first-order chi connectivity index (χ1) is 7.13. The molecule has 15 heavy (non-hydrogen) atoms. The molecule has 1 aliphatic rings. The molecule has 1 N–H and O–H groups in total. The highest BCUT2D eigenvalue weighted by molar-refractivity contribution is 6.29. The van der Waals surface area contributed by atoms with Gasteiger partial charge in [-0.2, -0.15) is 0 Å². The molecule has 0 saturated carbocycles. The van der Waals surface area contributed by atoms with E-state index in [-0.39, 0.29) is 6.10 Å². The monoisotopic (exact) mass is 235 g/mol. The molecule has 1 rings (SSSR count). The standard InChI is InChI=1S/C10H18ClNO3/c1-2-15-8-4-3-5-12(6-8)7-9(11)10(13)14/h8-9H,2-7H2,1H3,(H,13,14). The Hall–Kier alpha value is -0.320. The van der Waals surface area contributed by atoms with Crippen molar-refractivity contribution in [2.24, 2.45) is 0 Å². The molecule has 1 saturated heterocycles. The van der Waals surface area contributed by atoms with Crippen LogP contribution in [0.1, 0.15) is 19.8 Å². The molecular formula is C10H18ClNO3. The van der Waals surface area contributed by atoms with Crippen LogP contribution in [0.3, 0.4) is 0 Å². The number of aliphatic carboxylic acids is 1. The van der Waals surface area contributed by atoms with Crippen LogP contribution in [0.25, 0.3) is 0 Å². The largest absolute Gasteiger partial charge is 0.480 e. The molecule has 1 heterocycles. The molecule has 0 amide bonds. The number of hydrogen-bond acceptors (Lipinski definition) is 3. The van der Waals surface area contributed by atoms with Gasteiger partial charge < -0.3 is 9.84 Å². The van der Waals surface area contributed by atoms with Gasteiger partial charge >= 0.3 is 5.97 Å². The van der Waals surface area contributed by atoms with E-state index in [1.807, 2.05) is 6.92 Å². The summed E-state index contributed by atoms with van der Waals surface area (Å²) < 4.78 is 5.52. The minimum absolute atomic E-state index is 0.237. The number of rotatable bonds is 5. The van der Waals surface area contributed by atoms with Gasteiger partial charge in [0.2, 0.25) is 0 Å². The van der Waals surface area contributed by atoms with Gasteiger partial charge in [0, 0.05) is 19.7 Å². The summed E-state index contributed by atoms with van der Waals surface area (Å²) in [6, 6.07) is 0. The number of likely N-dealkylation sites (tertiary alicyclic amines) is 1. The predicted molar refractivity (Wildman–Crippen MR) is 58.4 cm³/mol. The SMILES string of the molecule is CCOC1CCCN(CC(Cl)C(=O)O)C1. The fraction of sp³-hybridized carbons (Fsp3) is 0.900. The average molecular weight is 236 g/mol. The van der Waals surface area contributed by atoms with Crippen LogP contribution >= 0.6 is 11.6 Å². The zero-order valence-electron chi connectivity index (χ0n) is 8.99. The summed E-state index contributed by atoms with van der Waals surface area (Å²) in [7, 11) is 0. The molecule has 0 spiro atoms. The van der Waals surface area contributed by atoms with E-state index < -0.39 is 11.3 Å². The lowest BCUT2D eigenvalue weighted by Crippen LogP contribution is -2.43. The number of carboxylic acids is 1. The highest BCUT2D eigenvalue weighted by atomic mass is 35.5. The first kappa shape index (κ1) is 12.7. The normalized spacial score (nSPS) is 25.1. The maximum Gasteiger partial charge on any atom is 0.322 e. The number of halogens is 1. The van der Waals surface area contributed by atoms with Gasteiger partial charge in [-0.25, -0.2) is 0 Å². The summed E-state index contributed by atoms with van der Waals surface area (Å²) >= 11 is 5.69. The molecule has 0 bridgehead atoms. The average Bonchev–Trinajstić information content (AvgIpc) is 2.18. The third-order valence-corrected chi connectivity index (χ3v) is 2.88. The maximum atomic E-state index is 10.6. The Morgan fingerprint density at radius 2 is 2.47 bits per heavy atom. The minimum Gasteiger partial charge on any atom is -0.480 e. The molecule has 0 aromatic rings. The summed E-state index contributed by atoms with van der Waals surface area (Å²) in [6.45, 7) is 4.80. The Kier molecular flexibility index (Phi) is 5.36. The summed E-state index contributed by atoms with van der Waals surface area (Å²) in [5, 5.41) is 7.88. The quantitative estimate of drug-likeness (QED) is 0.727. The molecule has 1 fully saturated rings. The Morgan fingerprint density at radius 3 is 3.07 bits per heavy atom. The van der Waals surface area contributed by atoms with Crippen LogP contribution in [-0.2, 0) is 9.53 Å². The topological polar surface area (TPSA) is 49.8 Å². The third-order valence-electron chi connectivity index (χ3n) is 2.55. The van der Waals surface area contributed by atoms with Crippen molar-refractivity contribution in [1.29, 1.82) is 0 Å². The summed E-state index contributed by atoms with van der Waals surface area (Å²) in [4.78, 5) is 12.7. The van der Waals surface area contributed by atoms with E-state index in [1.54, 1.807) is 0 Å². The first-order valence-electron chi connectivity index (χ1n) is 5.34. The van der Waals surface area contributed by atoms with Gasteiger partial charge in [0.05, 0.1) is 6.10 Å². The van der Waals surface area contributed by atoms with E-state index in [0.717, 1.165) is 25.9 Å². The van der Waals surface area contributed by atoms with Crippen LogP contribution in [0, 0.1) is 0 Å². The molecule has 0 radical (unpaired) electrons. The highest BCUT2D eigenvalue weighted by Crippen LogP contribution is 2.14. The van der Waals surface area contributed by atoms with Crippen LogP contribution in [0.5, 0.6) is 0 Å². The molecule has 1 aliphatic heterocycles. The lowest BCUT2D eigenvalue weighted by molar-refractivity contribution is -0.137. The van der Waals surface area contributed by atoms with Gasteiger partial charge in [0.1, 0.15) is 5.38 Å². The molecule has 0 aromatic carbocycles. The molecule has 2 unspecified atom stereocenters. The summed E-state index contributed by atoms with van der Waals surface area (Å²) in [5.74, 6) is -0.949. The van der Waals surface area contributed by atoms with Gasteiger partial charge in [0.15, 0.2) is 0 Å². The van der Waals surface area contributed by atoms with E-state index in [1.165, 1.54) is 0 Å². The molecule has 88 valence electrons. The van der Waals surface area contributed by atoms with Gasteiger partial charge in [-0.3, -0.25) is 9.69 Å². The number of nitrogens with zero attached hydrogens (tertiary/aromatic N) is 1. The van der Waals surface area contributed by atoms with Crippen LogP contribution in [0.15, 0.2) is 0 Å². The van der Waals surface area contributed by atoms with E-state index in [0.29, 0.717) is 13.2 Å². The fourth-order valence-corrected chi connectivity index (χ4v) is 2.05. The number of carboxylic acid groups (broad SMARTS) is 1. The Morgan fingerprint density at radius 1 is 1.73 bits per heavy atom. The smallest absolute Gasteiger partial charge is 0.322 e. The predicted octanol–water partition coefficient (Wildman–Crippen LogP) is 1.18. The molecule has 0 aliphatic carbocycles. The molecule has 2 atom stereocenters. The lowest BCUT2D eigenvalue weighted by atomic mass is 10.1. The molecular weight excluding hydrogens is 218 g/mol. The summed E-state index contributed by atoms with van der Waals surface area (Å²) in [6.07, 6.45) is 2.35. The van der Waals surface area contributed by atoms with Crippen molar-refractivity contribution in [3.8, 4) is 0 Å². The van der Waals surface area contributed by atoms with Crippen LogP contribution in [0.4, 0.5) is 0 Å². The molecule has 0 aromatic heterocycles. The van der Waals surface area contributed by atoms with Crippen molar-refractivity contribution in [3.63, 3.8) is 0 Å². The van der Waals surface area contributed by atoms with Crippen molar-refractivity contribution in [3.05, 3.63) is 0 Å². The van der Waals surface area contributed by atoms with Crippen LogP contribution in [-0.4, -0.2) is 53.7 Å². The first-order valence-corrected chi connectivity index (χ1v) is 5.78.